The van der Waals surface area contributed by atoms with Crippen molar-refractivity contribution in [3.8, 4) is 0 Å². The Morgan fingerprint density at radius 1 is 0.784 bits per heavy atom. The molecular formula is C32H41NO3Si. The number of amides is 1. The molecule has 1 fully saturated rings. The first kappa shape index (κ1) is 27.3. The molecule has 0 spiro atoms. The van der Waals surface area contributed by atoms with Crippen LogP contribution in [0.25, 0.3) is 0 Å². The van der Waals surface area contributed by atoms with Gasteiger partial charge >= 0.3 is 0 Å². The van der Waals surface area contributed by atoms with Crippen LogP contribution in [0, 0.1) is 5.92 Å². The lowest BCUT2D eigenvalue weighted by molar-refractivity contribution is -0.128. The van der Waals surface area contributed by atoms with E-state index in [2.05, 4.69) is 98.9 Å². The first-order valence-corrected chi connectivity index (χ1v) is 15.5. The van der Waals surface area contributed by atoms with E-state index in [4.69, 9.17) is 9.16 Å². The number of carbonyl (C=O) groups is 1. The number of nitrogens with one attached hydrogen (secondary N) is 1. The Balaban J connectivity index is 1.33. The van der Waals surface area contributed by atoms with Crippen LogP contribution < -0.4 is 15.7 Å². The van der Waals surface area contributed by atoms with Crippen molar-refractivity contribution in [1.82, 2.24) is 5.32 Å². The molecule has 1 heterocycles. The third-order valence-electron chi connectivity index (χ3n) is 7.50. The van der Waals surface area contributed by atoms with Crippen molar-refractivity contribution in [2.45, 2.75) is 64.1 Å². The Morgan fingerprint density at radius 3 is 1.89 bits per heavy atom. The summed E-state index contributed by atoms with van der Waals surface area (Å²) in [6, 6.07) is 31.8. The SMILES string of the molecule is CC(C)(C)[Si](OCCC1CCC(CCOCc2ccccc2)NC1=O)(c1ccccc1)c1ccccc1. The van der Waals surface area contributed by atoms with E-state index < -0.39 is 8.32 Å². The van der Waals surface area contributed by atoms with E-state index in [1.807, 2.05) is 18.2 Å². The number of rotatable bonds is 11. The molecular weight excluding hydrogens is 474 g/mol. The van der Waals surface area contributed by atoms with Crippen LogP contribution in [-0.4, -0.2) is 33.5 Å². The van der Waals surface area contributed by atoms with Crippen LogP contribution in [-0.2, 0) is 20.6 Å². The third-order valence-corrected chi connectivity index (χ3v) is 12.5. The van der Waals surface area contributed by atoms with E-state index in [0.717, 1.165) is 25.7 Å². The average Bonchev–Trinajstić information content (AvgIpc) is 2.91. The highest BCUT2D eigenvalue weighted by molar-refractivity contribution is 6.99. The second-order valence-electron chi connectivity index (χ2n) is 11.1. The zero-order valence-corrected chi connectivity index (χ0v) is 23.5. The van der Waals surface area contributed by atoms with Crippen molar-refractivity contribution < 1.29 is 14.0 Å². The van der Waals surface area contributed by atoms with Gasteiger partial charge in [-0.1, -0.05) is 112 Å². The minimum absolute atomic E-state index is 0.000276. The number of benzene rings is 3. The molecule has 3 aromatic carbocycles. The van der Waals surface area contributed by atoms with Gasteiger partial charge in [0.1, 0.15) is 0 Å². The van der Waals surface area contributed by atoms with Crippen molar-refractivity contribution in [3.63, 3.8) is 0 Å². The van der Waals surface area contributed by atoms with Crippen molar-refractivity contribution in [2.24, 2.45) is 5.92 Å². The summed E-state index contributed by atoms with van der Waals surface area (Å²) in [6.45, 7) is 8.71. The fraction of sp³-hybridized carbons (Fsp3) is 0.406. The molecule has 4 rings (SSSR count). The summed E-state index contributed by atoms with van der Waals surface area (Å²) in [5, 5.41) is 5.73. The lowest BCUT2D eigenvalue weighted by atomic mass is 9.90. The van der Waals surface area contributed by atoms with E-state index in [1.54, 1.807) is 0 Å². The molecule has 37 heavy (non-hydrogen) atoms. The molecule has 2 atom stereocenters. The summed E-state index contributed by atoms with van der Waals surface area (Å²) in [5.74, 6) is 0.157. The molecule has 1 aliphatic heterocycles. The maximum Gasteiger partial charge on any atom is 0.261 e. The largest absolute Gasteiger partial charge is 0.407 e. The van der Waals surface area contributed by atoms with E-state index >= 15 is 0 Å². The van der Waals surface area contributed by atoms with Crippen molar-refractivity contribution in [1.29, 1.82) is 0 Å². The van der Waals surface area contributed by atoms with Gasteiger partial charge in [0.05, 0.1) is 6.61 Å². The molecule has 3 aromatic rings. The van der Waals surface area contributed by atoms with Gasteiger partial charge in [0.15, 0.2) is 0 Å². The van der Waals surface area contributed by atoms with Gasteiger partial charge in [-0.2, -0.15) is 0 Å². The number of piperidine rings is 1. The normalized spacial score (nSPS) is 18.4. The Bertz CT molecular complexity index is 1060. The highest BCUT2D eigenvalue weighted by Gasteiger charge is 2.50. The molecule has 2 unspecified atom stereocenters. The second kappa shape index (κ2) is 12.7. The molecule has 0 bridgehead atoms. The van der Waals surface area contributed by atoms with Gasteiger partial charge in [0, 0.05) is 25.2 Å². The molecule has 1 saturated heterocycles. The average molecular weight is 516 g/mol. The lowest BCUT2D eigenvalue weighted by Crippen LogP contribution is -2.66. The van der Waals surface area contributed by atoms with Gasteiger partial charge in [-0.05, 0) is 46.7 Å². The van der Waals surface area contributed by atoms with Crippen molar-refractivity contribution in [3.05, 3.63) is 96.6 Å². The van der Waals surface area contributed by atoms with Gasteiger partial charge in [0.25, 0.3) is 8.32 Å². The number of carbonyl (C=O) groups excluding carboxylic acids is 1. The summed E-state index contributed by atoms with van der Waals surface area (Å²) in [6.07, 6.45) is 3.49. The molecule has 0 aromatic heterocycles. The number of ether oxygens (including phenoxy) is 1. The van der Waals surface area contributed by atoms with Gasteiger partial charge < -0.3 is 14.5 Å². The molecule has 0 radical (unpaired) electrons. The van der Waals surface area contributed by atoms with Gasteiger partial charge in [-0.15, -0.1) is 0 Å². The minimum Gasteiger partial charge on any atom is -0.407 e. The van der Waals surface area contributed by atoms with Crippen LogP contribution in [0.15, 0.2) is 91.0 Å². The van der Waals surface area contributed by atoms with Crippen LogP contribution in [0.1, 0.15) is 52.0 Å². The highest BCUT2D eigenvalue weighted by atomic mass is 28.4. The quantitative estimate of drug-likeness (QED) is 0.273. The summed E-state index contributed by atoms with van der Waals surface area (Å²) < 4.78 is 12.8. The summed E-state index contributed by atoms with van der Waals surface area (Å²) in [7, 11) is -2.57. The van der Waals surface area contributed by atoms with Crippen molar-refractivity contribution in [2.75, 3.05) is 13.2 Å². The van der Waals surface area contributed by atoms with Gasteiger partial charge in [0.2, 0.25) is 5.91 Å². The molecule has 5 heteroatoms. The summed E-state index contributed by atoms with van der Waals surface area (Å²) in [5.41, 5.74) is 1.18. The minimum atomic E-state index is -2.57. The first-order valence-electron chi connectivity index (χ1n) is 13.6. The maximum absolute atomic E-state index is 13.0. The van der Waals surface area contributed by atoms with Gasteiger partial charge in [-0.3, -0.25) is 4.79 Å². The van der Waals surface area contributed by atoms with Crippen LogP contribution in [0.2, 0.25) is 5.04 Å². The fourth-order valence-electron chi connectivity index (χ4n) is 5.52. The molecule has 196 valence electrons. The predicted octanol–water partition coefficient (Wildman–Crippen LogP) is 5.45. The summed E-state index contributed by atoms with van der Waals surface area (Å²) in [4.78, 5) is 13.0. The molecule has 1 N–H and O–H groups in total. The maximum atomic E-state index is 13.0. The molecule has 0 saturated carbocycles. The number of hydrogen-bond acceptors (Lipinski definition) is 3. The topological polar surface area (TPSA) is 47.6 Å². The molecule has 1 aliphatic rings. The second-order valence-corrected chi connectivity index (χ2v) is 15.4. The fourth-order valence-corrected chi connectivity index (χ4v) is 10.1. The van der Waals surface area contributed by atoms with Crippen molar-refractivity contribution >= 4 is 24.6 Å². The Labute approximate surface area is 223 Å². The standard InChI is InChI=1S/C32H41NO3Si/c1-32(2,3)37(29-15-9-5-10-16-29,30-17-11-6-12-18-30)36-24-21-27-19-20-28(33-31(27)34)22-23-35-25-26-13-7-4-8-14-26/h4-18,27-28H,19-25H2,1-3H3,(H,33,34). The predicted molar refractivity (Wildman–Crippen MR) is 154 cm³/mol. The Hall–Kier alpha value is -2.73. The highest BCUT2D eigenvalue weighted by Crippen LogP contribution is 2.37. The van der Waals surface area contributed by atoms with Crippen LogP contribution in [0.5, 0.6) is 0 Å². The van der Waals surface area contributed by atoms with Crippen LogP contribution >= 0.6 is 0 Å². The third kappa shape index (κ3) is 6.78. The monoisotopic (exact) mass is 515 g/mol. The smallest absolute Gasteiger partial charge is 0.261 e. The van der Waals surface area contributed by atoms with Crippen LogP contribution in [0.4, 0.5) is 0 Å². The van der Waals surface area contributed by atoms with E-state index in [9.17, 15) is 4.79 Å². The first-order chi connectivity index (χ1) is 17.9. The Morgan fingerprint density at radius 2 is 1.35 bits per heavy atom. The zero-order valence-electron chi connectivity index (χ0n) is 22.5. The molecule has 0 aliphatic carbocycles. The van der Waals surface area contributed by atoms with E-state index in [1.165, 1.54) is 15.9 Å². The Kier molecular flexibility index (Phi) is 9.36. The zero-order chi connectivity index (χ0) is 26.1. The summed E-state index contributed by atoms with van der Waals surface area (Å²) >= 11 is 0. The number of hydrogen-bond donors (Lipinski definition) is 1. The van der Waals surface area contributed by atoms with E-state index in [0.29, 0.717) is 19.8 Å². The molecule has 4 nitrogen and oxygen atoms in total. The van der Waals surface area contributed by atoms with Gasteiger partial charge in [-0.25, -0.2) is 0 Å². The van der Waals surface area contributed by atoms with E-state index in [-0.39, 0.29) is 22.9 Å². The molecule has 1 amide bonds. The van der Waals surface area contributed by atoms with Crippen LogP contribution in [0.3, 0.4) is 0 Å². The lowest BCUT2D eigenvalue weighted by Gasteiger charge is -2.43.